The van der Waals surface area contributed by atoms with Gasteiger partial charge in [-0.25, -0.2) is 0 Å². The molecule has 0 aliphatic heterocycles. The molecule has 4 atom stereocenters. The van der Waals surface area contributed by atoms with Crippen molar-refractivity contribution in [2.45, 2.75) is 131 Å². The molecule has 44 heavy (non-hydrogen) atoms. The first kappa shape index (κ1) is 37.8. The fourth-order valence-corrected chi connectivity index (χ4v) is 6.36. The highest BCUT2D eigenvalue weighted by Crippen LogP contribution is 2.43. The van der Waals surface area contributed by atoms with Gasteiger partial charge in [0, 0.05) is 12.5 Å². The maximum Gasteiger partial charge on any atom is 0.488 e. The number of hydrogen-bond acceptors (Lipinski definition) is 4. The Hall–Kier alpha value is -2.38. The van der Waals surface area contributed by atoms with E-state index in [1.54, 1.807) is 43.7 Å². The molecule has 1 fully saturated rings. The molecule has 0 radical (unpaired) electrons. The van der Waals surface area contributed by atoms with Crippen LogP contribution in [0.25, 0.3) is 0 Å². The van der Waals surface area contributed by atoms with E-state index in [0.717, 1.165) is 36.5 Å². The van der Waals surface area contributed by atoms with Gasteiger partial charge in [-0.3, -0.25) is 9.59 Å². The summed E-state index contributed by atoms with van der Waals surface area (Å²) in [6.45, 7) is 10.1. The number of amides is 1. The van der Waals surface area contributed by atoms with Crippen LogP contribution >= 0.6 is 0 Å². The Balaban J connectivity index is 0.000000324. The lowest BCUT2D eigenvalue weighted by atomic mass is 9.67. The molecule has 0 heterocycles. The number of nitrogens with one attached hydrogen (secondary N) is 1. The third-order valence-corrected chi connectivity index (χ3v) is 9.84. The highest BCUT2D eigenvalue weighted by atomic mass is 16.4. The first-order valence-corrected chi connectivity index (χ1v) is 17.3. The van der Waals surface area contributed by atoms with E-state index >= 15 is 0 Å². The Kier molecular flexibility index (Phi) is 17.1. The highest BCUT2D eigenvalue weighted by Gasteiger charge is 2.32. The maximum absolute atomic E-state index is 12.1. The molecule has 3 aliphatic rings. The molecule has 0 spiro atoms. The summed E-state index contributed by atoms with van der Waals surface area (Å²) in [6, 6.07) is 9.12. The van der Waals surface area contributed by atoms with Crippen molar-refractivity contribution in [3.63, 3.8) is 0 Å². The second kappa shape index (κ2) is 19.9. The minimum atomic E-state index is -1.34. The normalized spacial score (nSPS) is 23.1. The zero-order valence-electron chi connectivity index (χ0n) is 28.1. The second-order valence-electron chi connectivity index (χ2n) is 13.9. The number of carboxylic acids is 1. The molecule has 1 aromatic rings. The van der Waals surface area contributed by atoms with Crippen molar-refractivity contribution in [1.82, 2.24) is 5.32 Å². The summed E-state index contributed by atoms with van der Waals surface area (Å²) in [5.41, 5.74) is 1.61. The van der Waals surface area contributed by atoms with Crippen LogP contribution in [0.2, 0.25) is 0 Å². The Bertz CT molecular complexity index is 1030. The molecule has 0 saturated heterocycles. The molecule has 4 rings (SSSR count). The van der Waals surface area contributed by atoms with Gasteiger partial charge in [-0.15, -0.1) is 0 Å². The van der Waals surface area contributed by atoms with Crippen molar-refractivity contribution < 1.29 is 24.7 Å². The van der Waals surface area contributed by atoms with Crippen LogP contribution in [0, 0.1) is 29.1 Å². The Morgan fingerprint density at radius 2 is 1.59 bits per heavy atom. The summed E-state index contributed by atoms with van der Waals surface area (Å²) in [4.78, 5) is 22.3. The van der Waals surface area contributed by atoms with Gasteiger partial charge in [0.15, 0.2) is 0 Å². The van der Waals surface area contributed by atoms with Crippen LogP contribution in [-0.4, -0.2) is 40.2 Å². The molecule has 0 bridgehead atoms. The number of carboxylic acid groups (broad SMARTS) is 1. The minimum absolute atomic E-state index is 0.291. The van der Waals surface area contributed by atoms with Crippen LogP contribution in [0.3, 0.4) is 0 Å². The SMILES string of the molecule is CC1C=CC2=C[C@H](C)CCC2C1CCCCCCC(=O)NC1CCCCC1.CCC(C)(C)C(=O)O.OB(O)c1ccccc1. The Morgan fingerprint density at radius 3 is 2.16 bits per heavy atom. The molecule has 1 aromatic carbocycles. The van der Waals surface area contributed by atoms with Gasteiger partial charge in [0.2, 0.25) is 5.91 Å². The van der Waals surface area contributed by atoms with Crippen LogP contribution in [0.4, 0.5) is 0 Å². The maximum atomic E-state index is 12.1. The molecule has 1 amide bonds. The van der Waals surface area contributed by atoms with Crippen molar-refractivity contribution in [3.8, 4) is 0 Å². The first-order valence-electron chi connectivity index (χ1n) is 17.3. The van der Waals surface area contributed by atoms with Crippen molar-refractivity contribution in [2.24, 2.45) is 29.1 Å². The predicted octanol–water partition coefficient (Wildman–Crippen LogP) is 7.44. The lowest BCUT2D eigenvalue weighted by molar-refractivity contribution is -0.147. The van der Waals surface area contributed by atoms with E-state index in [4.69, 9.17) is 15.2 Å². The molecule has 7 heteroatoms. The van der Waals surface area contributed by atoms with E-state index in [2.05, 4.69) is 37.4 Å². The van der Waals surface area contributed by atoms with Crippen LogP contribution in [-0.2, 0) is 9.59 Å². The molecule has 6 nitrogen and oxygen atoms in total. The average molecular weight is 610 g/mol. The summed E-state index contributed by atoms with van der Waals surface area (Å²) in [5, 5.41) is 28.8. The van der Waals surface area contributed by atoms with E-state index in [1.165, 1.54) is 70.6 Å². The minimum Gasteiger partial charge on any atom is -0.481 e. The second-order valence-corrected chi connectivity index (χ2v) is 13.9. The van der Waals surface area contributed by atoms with Crippen LogP contribution in [0.5, 0.6) is 0 Å². The Morgan fingerprint density at radius 1 is 0.932 bits per heavy atom. The number of hydrogen-bond donors (Lipinski definition) is 4. The monoisotopic (exact) mass is 609 g/mol. The van der Waals surface area contributed by atoms with Crippen molar-refractivity contribution >= 4 is 24.5 Å². The molecule has 4 N–H and O–H groups in total. The van der Waals surface area contributed by atoms with Gasteiger partial charge in [-0.1, -0.05) is 108 Å². The molecular formula is C37H60BNO5. The van der Waals surface area contributed by atoms with E-state index < -0.39 is 18.5 Å². The largest absolute Gasteiger partial charge is 0.488 e. The number of carbonyl (C=O) groups is 2. The van der Waals surface area contributed by atoms with Gasteiger partial charge in [0.1, 0.15) is 0 Å². The third-order valence-electron chi connectivity index (χ3n) is 9.84. The van der Waals surface area contributed by atoms with Gasteiger partial charge in [0.05, 0.1) is 5.41 Å². The van der Waals surface area contributed by atoms with Gasteiger partial charge >= 0.3 is 13.1 Å². The lowest BCUT2D eigenvalue weighted by Gasteiger charge is -2.38. The standard InChI is InChI=1S/C25H41NO.C6H7BO2.C6H12O2/c1-19-14-17-24-21(18-19)16-15-20(2)23(24)12-8-3-4-9-13-25(27)26-22-10-6-5-7-11-22;8-7(9)6-4-2-1-3-5-6;1-4-6(2,3)5(7)8/h15-16,18-20,22-24H,3-14,17H2,1-2H3,(H,26,27);1-5,8-9H;4H2,1-3H3,(H,7,8)/t19-,20?,23?,24?;;/m1../s1. The summed E-state index contributed by atoms with van der Waals surface area (Å²) < 4.78 is 0. The van der Waals surface area contributed by atoms with E-state index in [9.17, 15) is 9.59 Å². The van der Waals surface area contributed by atoms with Gasteiger partial charge in [-0.05, 0) is 93.5 Å². The van der Waals surface area contributed by atoms with E-state index in [-0.39, 0.29) is 0 Å². The van der Waals surface area contributed by atoms with Gasteiger partial charge in [-0.2, -0.15) is 0 Å². The van der Waals surface area contributed by atoms with E-state index in [0.29, 0.717) is 23.8 Å². The summed E-state index contributed by atoms with van der Waals surface area (Å²) in [5.74, 6) is 2.70. The number of carbonyl (C=O) groups excluding carboxylic acids is 1. The fourth-order valence-electron chi connectivity index (χ4n) is 6.36. The van der Waals surface area contributed by atoms with Gasteiger partial charge in [0.25, 0.3) is 0 Å². The molecule has 3 unspecified atom stereocenters. The molecule has 1 saturated carbocycles. The zero-order valence-corrected chi connectivity index (χ0v) is 28.1. The average Bonchev–Trinajstić information content (AvgIpc) is 3.01. The number of allylic oxidation sites excluding steroid dienone is 4. The quantitative estimate of drug-likeness (QED) is 0.154. The highest BCUT2D eigenvalue weighted by molar-refractivity contribution is 6.58. The number of unbranched alkanes of at least 4 members (excludes halogenated alkanes) is 3. The lowest BCUT2D eigenvalue weighted by Crippen LogP contribution is -2.35. The number of aliphatic carboxylic acids is 1. The summed E-state index contributed by atoms with van der Waals surface area (Å²) in [6.07, 6.45) is 24.1. The molecule has 3 aliphatic carbocycles. The van der Waals surface area contributed by atoms with Crippen molar-refractivity contribution in [3.05, 3.63) is 54.1 Å². The summed E-state index contributed by atoms with van der Waals surface area (Å²) >= 11 is 0. The third kappa shape index (κ3) is 13.7. The number of benzene rings is 1. The number of fused-ring (bicyclic) bond motifs is 1. The van der Waals surface area contributed by atoms with Gasteiger partial charge < -0.3 is 20.5 Å². The predicted molar refractivity (Wildman–Crippen MR) is 182 cm³/mol. The smallest absolute Gasteiger partial charge is 0.481 e. The van der Waals surface area contributed by atoms with Crippen LogP contribution in [0.1, 0.15) is 125 Å². The topological polar surface area (TPSA) is 107 Å². The number of rotatable bonds is 11. The molecule has 246 valence electrons. The van der Waals surface area contributed by atoms with Crippen LogP contribution < -0.4 is 10.8 Å². The van der Waals surface area contributed by atoms with Crippen LogP contribution in [0.15, 0.2) is 54.1 Å². The fraction of sp³-hybridized carbons (Fsp3) is 0.676. The first-order chi connectivity index (χ1) is 20.9. The molecule has 0 aromatic heterocycles. The Labute approximate surface area is 268 Å². The molecular weight excluding hydrogens is 549 g/mol. The van der Waals surface area contributed by atoms with Crippen molar-refractivity contribution in [1.29, 1.82) is 0 Å². The van der Waals surface area contributed by atoms with Crippen molar-refractivity contribution in [2.75, 3.05) is 0 Å². The zero-order chi connectivity index (χ0) is 32.5. The summed E-state index contributed by atoms with van der Waals surface area (Å²) in [7, 11) is -1.34. The van der Waals surface area contributed by atoms with E-state index in [1.807, 2.05) is 13.0 Å².